The third-order valence-corrected chi connectivity index (χ3v) is 7.29. The molecule has 27 heavy (non-hydrogen) atoms. The Labute approximate surface area is 171 Å². The van der Waals surface area contributed by atoms with Crippen LogP contribution in [0.4, 0.5) is 4.39 Å². The fourth-order valence-corrected chi connectivity index (χ4v) is 5.50. The summed E-state index contributed by atoms with van der Waals surface area (Å²) in [6.45, 7) is 0.320. The number of nitrogens with zero attached hydrogens (tertiary/aromatic N) is 2. The highest BCUT2D eigenvalue weighted by Gasteiger charge is 2.33. The van der Waals surface area contributed by atoms with E-state index >= 15 is 0 Å². The lowest BCUT2D eigenvalue weighted by atomic mass is 10.1. The van der Waals surface area contributed by atoms with Crippen molar-refractivity contribution in [3.63, 3.8) is 0 Å². The van der Waals surface area contributed by atoms with Gasteiger partial charge in [-0.3, -0.25) is 4.79 Å². The second-order valence-corrected chi connectivity index (χ2v) is 9.00. The summed E-state index contributed by atoms with van der Waals surface area (Å²) in [6.07, 6.45) is 0. The Kier molecular flexibility index (Phi) is 5.98. The maximum atomic E-state index is 14.0. The number of hydrogen-bond donors (Lipinski definition) is 0. The Morgan fingerprint density at radius 1 is 0.963 bits per heavy atom. The molecule has 144 valence electrons. The standard InChI is InChI=1S/C17H14Cl3FN2O3S/c18-11-4-5-12(15(21)10-11)17(24)22-6-8-23(9-7-22)27(25,26)16-13(19)2-1-3-14(16)20/h1-5,10H,6-9H2. The van der Waals surface area contributed by atoms with E-state index in [-0.39, 0.29) is 51.7 Å². The van der Waals surface area contributed by atoms with Gasteiger partial charge in [-0.1, -0.05) is 40.9 Å². The first kappa shape index (κ1) is 20.4. The van der Waals surface area contributed by atoms with Crippen molar-refractivity contribution >= 4 is 50.7 Å². The lowest BCUT2D eigenvalue weighted by Crippen LogP contribution is -2.50. The molecule has 10 heteroatoms. The number of hydrogen-bond acceptors (Lipinski definition) is 3. The average molecular weight is 452 g/mol. The predicted molar refractivity (Wildman–Crippen MR) is 103 cm³/mol. The molecule has 0 radical (unpaired) electrons. The summed E-state index contributed by atoms with van der Waals surface area (Å²) in [5.41, 5.74) is -0.107. The number of benzene rings is 2. The molecule has 1 amide bonds. The maximum Gasteiger partial charge on any atom is 0.256 e. The zero-order valence-electron chi connectivity index (χ0n) is 13.8. The van der Waals surface area contributed by atoms with Crippen molar-refractivity contribution in [2.45, 2.75) is 4.90 Å². The number of rotatable bonds is 3. The molecule has 0 spiro atoms. The molecular formula is C17H14Cl3FN2O3S. The Balaban J connectivity index is 1.76. The molecule has 1 aliphatic heterocycles. The molecule has 0 N–H and O–H groups in total. The zero-order chi connectivity index (χ0) is 19.8. The second kappa shape index (κ2) is 7.93. The van der Waals surface area contributed by atoms with Gasteiger partial charge >= 0.3 is 0 Å². The van der Waals surface area contributed by atoms with Crippen LogP contribution >= 0.6 is 34.8 Å². The van der Waals surface area contributed by atoms with E-state index < -0.39 is 21.7 Å². The van der Waals surface area contributed by atoms with Crippen molar-refractivity contribution in [3.05, 3.63) is 62.8 Å². The smallest absolute Gasteiger partial charge is 0.256 e. The van der Waals surface area contributed by atoms with E-state index in [9.17, 15) is 17.6 Å². The van der Waals surface area contributed by atoms with Gasteiger partial charge in [0.2, 0.25) is 10.0 Å². The number of carbonyl (C=O) groups excluding carboxylic acids is 1. The van der Waals surface area contributed by atoms with Crippen LogP contribution in [0.5, 0.6) is 0 Å². The molecule has 1 saturated heterocycles. The van der Waals surface area contributed by atoms with Crippen LogP contribution in [0, 0.1) is 5.82 Å². The van der Waals surface area contributed by atoms with Crippen LogP contribution in [0.2, 0.25) is 15.1 Å². The Hall–Kier alpha value is -1.38. The number of piperazine rings is 1. The average Bonchev–Trinajstić information content (AvgIpc) is 2.61. The number of halogens is 4. The monoisotopic (exact) mass is 450 g/mol. The number of carbonyl (C=O) groups is 1. The molecule has 5 nitrogen and oxygen atoms in total. The quantitative estimate of drug-likeness (QED) is 0.710. The number of amides is 1. The van der Waals surface area contributed by atoms with Gasteiger partial charge in [0.1, 0.15) is 10.7 Å². The van der Waals surface area contributed by atoms with E-state index in [1.54, 1.807) is 6.07 Å². The molecule has 0 saturated carbocycles. The third kappa shape index (κ3) is 4.07. The van der Waals surface area contributed by atoms with Crippen molar-refractivity contribution < 1.29 is 17.6 Å². The van der Waals surface area contributed by atoms with Crippen LogP contribution in [-0.2, 0) is 10.0 Å². The molecule has 2 aromatic carbocycles. The predicted octanol–water partition coefficient (Wildman–Crippen LogP) is 3.93. The first-order valence-corrected chi connectivity index (χ1v) is 10.5. The van der Waals surface area contributed by atoms with Crippen molar-refractivity contribution in [2.24, 2.45) is 0 Å². The SMILES string of the molecule is O=C(c1ccc(Cl)cc1F)N1CCN(S(=O)(=O)c2c(Cl)cccc2Cl)CC1. The molecule has 0 bridgehead atoms. The van der Waals surface area contributed by atoms with Crippen LogP contribution < -0.4 is 0 Å². The Morgan fingerprint density at radius 3 is 2.11 bits per heavy atom. The van der Waals surface area contributed by atoms with Gasteiger partial charge in [-0.2, -0.15) is 4.31 Å². The second-order valence-electron chi connectivity index (χ2n) is 5.87. The van der Waals surface area contributed by atoms with E-state index in [2.05, 4.69) is 0 Å². The summed E-state index contributed by atoms with van der Waals surface area (Å²) >= 11 is 17.7. The molecule has 1 aliphatic rings. The fourth-order valence-electron chi connectivity index (χ4n) is 2.82. The van der Waals surface area contributed by atoms with E-state index in [1.807, 2.05) is 0 Å². The molecule has 1 heterocycles. The molecule has 2 aromatic rings. The van der Waals surface area contributed by atoms with Gasteiger partial charge in [0.25, 0.3) is 5.91 Å². The first-order chi connectivity index (χ1) is 12.7. The van der Waals surface area contributed by atoms with Crippen molar-refractivity contribution in [1.82, 2.24) is 9.21 Å². The van der Waals surface area contributed by atoms with Crippen molar-refractivity contribution in [1.29, 1.82) is 0 Å². The van der Waals surface area contributed by atoms with Crippen LogP contribution in [0.15, 0.2) is 41.3 Å². The zero-order valence-corrected chi connectivity index (χ0v) is 16.9. The largest absolute Gasteiger partial charge is 0.336 e. The lowest BCUT2D eigenvalue weighted by Gasteiger charge is -2.34. The minimum atomic E-state index is -3.91. The minimum Gasteiger partial charge on any atom is -0.336 e. The van der Waals surface area contributed by atoms with Crippen molar-refractivity contribution in [3.8, 4) is 0 Å². The van der Waals surface area contributed by atoms with E-state index in [1.165, 1.54) is 33.5 Å². The van der Waals surface area contributed by atoms with Gasteiger partial charge in [0.05, 0.1) is 15.6 Å². The molecule has 0 aliphatic carbocycles. The van der Waals surface area contributed by atoms with E-state index in [4.69, 9.17) is 34.8 Å². The van der Waals surface area contributed by atoms with Crippen LogP contribution in [0.3, 0.4) is 0 Å². The van der Waals surface area contributed by atoms with Gasteiger partial charge in [-0.15, -0.1) is 0 Å². The first-order valence-electron chi connectivity index (χ1n) is 7.90. The molecule has 0 aromatic heterocycles. The lowest BCUT2D eigenvalue weighted by molar-refractivity contribution is 0.0693. The minimum absolute atomic E-state index is 0.0317. The van der Waals surface area contributed by atoms with Crippen LogP contribution in [0.25, 0.3) is 0 Å². The molecule has 1 fully saturated rings. The van der Waals surface area contributed by atoms with Crippen LogP contribution in [0.1, 0.15) is 10.4 Å². The summed E-state index contributed by atoms with van der Waals surface area (Å²) < 4.78 is 40.9. The normalized spacial score (nSPS) is 15.8. The summed E-state index contributed by atoms with van der Waals surface area (Å²) in [5, 5.41) is 0.255. The van der Waals surface area contributed by atoms with Gasteiger partial charge in [0, 0.05) is 31.2 Å². The van der Waals surface area contributed by atoms with E-state index in [0.717, 1.165) is 6.07 Å². The van der Waals surface area contributed by atoms with Gasteiger partial charge < -0.3 is 4.90 Å². The summed E-state index contributed by atoms with van der Waals surface area (Å²) in [4.78, 5) is 13.7. The van der Waals surface area contributed by atoms with Gasteiger partial charge in [-0.25, -0.2) is 12.8 Å². The maximum absolute atomic E-state index is 14.0. The van der Waals surface area contributed by atoms with Gasteiger partial charge in [0.15, 0.2) is 0 Å². The molecular weight excluding hydrogens is 438 g/mol. The fraction of sp³-hybridized carbons (Fsp3) is 0.235. The van der Waals surface area contributed by atoms with Gasteiger partial charge in [-0.05, 0) is 30.3 Å². The number of sulfonamides is 1. The highest BCUT2D eigenvalue weighted by Crippen LogP contribution is 2.32. The Morgan fingerprint density at radius 2 is 1.56 bits per heavy atom. The molecule has 0 unspecified atom stereocenters. The molecule has 3 rings (SSSR count). The highest BCUT2D eigenvalue weighted by atomic mass is 35.5. The highest BCUT2D eigenvalue weighted by molar-refractivity contribution is 7.89. The summed E-state index contributed by atoms with van der Waals surface area (Å²) in [5.74, 6) is -1.23. The summed E-state index contributed by atoms with van der Waals surface area (Å²) in [7, 11) is -3.91. The molecule has 0 atom stereocenters. The van der Waals surface area contributed by atoms with Crippen LogP contribution in [-0.4, -0.2) is 49.7 Å². The van der Waals surface area contributed by atoms with E-state index in [0.29, 0.717) is 0 Å². The topological polar surface area (TPSA) is 57.7 Å². The summed E-state index contributed by atoms with van der Waals surface area (Å²) in [6, 6.07) is 8.26. The Bertz CT molecular complexity index is 973. The van der Waals surface area contributed by atoms with Crippen molar-refractivity contribution in [2.75, 3.05) is 26.2 Å². The third-order valence-electron chi connectivity index (χ3n) is 4.20.